The number of halogens is 2. The molecule has 0 bridgehead atoms. The van der Waals surface area contributed by atoms with Gasteiger partial charge in [-0.1, -0.05) is 32.7 Å². The predicted octanol–water partition coefficient (Wildman–Crippen LogP) is 3.31. The van der Waals surface area contributed by atoms with Crippen LogP contribution < -0.4 is 0 Å². The molecule has 2 N–H and O–H groups in total. The molecule has 2 rings (SSSR count). The number of nitrogens with zero attached hydrogens (tertiary/aromatic N) is 1. The molecule has 0 aliphatic carbocycles. The van der Waals surface area contributed by atoms with E-state index in [0.717, 1.165) is 15.4 Å². The van der Waals surface area contributed by atoms with E-state index in [1.807, 2.05) is 18.2 Å². The lowest BCUT2D eigenvalue weighted by molar-refractivity contribution is 0.321. The van der Waals surface area contributed by atoms with Gasteiger partial charge in [0.15, 0.2) is 5.17 Å². The summed E-state index contributed by atoms with van der Waals surface area (Å²) >= 11 is 9.09. The van der Waals surface area contributed by atoms with E-state index in [0.29, 0.717) is 5.56 Å². The van der Waals surface area contributed by atoms with Crippen LogP contribution in [0, 0.1) is 0 Å². The molecule has 0 saturated heterocycles. The molecule has 5 heteroatoms. The highest BCUT2D eigenvalue weighted by molar-refractivity contribution is 9.10. The normalized spacial score (nSPS) is 12.3. The van der Waals surface area contributed by atoms with Gasteiger partial charge in [-0.05, 0) is 18.2 Å². The molecule has 3 nitrogen and oxygen atoms in total. The summed E-state index contributed by atoms with van der Waals surface area (Å²) in [6.45, 7) is 0. The third-order valence-electron chi connectivity index (χ3n) is 1.95. The van der Waals surface area contributed by atoms with Crippen LogP contribution in [0.15, 0.2) is 34.0 Å². The van der Waals surface area contributed by atoms with Crippen LogP contribution in [0.3, 0.4) is 0 Å². The van der Waals surface area contributed by atoms with Crippen LogP contribution in [0.4, 0.5) is 0 Å². The van der Waals surface area contributed by atoms with Gasteiger partial charge in [0.2, 0.25) is 0 Å². The molecule has 0 spiro atoms. The van der Waals surface area contributed by atoms with Crippen molar-refractivity contribution in [1.29, 1.82) is 0 Å². The SMILES string of the molecule is ON=C(Cl)c1c[nH]c2ccc(Br)cc12. The first-order valence-electron chi connectivity index (χ1n) is 3.87. The van der Waals surface area contributed by atoms with E-state index in [9.17, 15) is 0 Å². The van der Waals surface area contributed by atoms with Gasteiger partial charge < -0.3 is 10.2 Å². The van der Waals surface area contributed by atoms with Crippen molar-refractivity contribution < 1.29 is 5.21 Å². The summed E-state index contributed by atoms with van der Waals surface area (Å²) in [6, 6.07) is 5.76. The van der Waals surface area contributed by atoms with Crippen LogP contribution in [-0.4, -0.2) is 15.4 Å². The molecule has 1 aromatic carbocycles. The minimum atomic E-state index is 0.0781. The standard InChI is InChI=1S/C9H6BrClN2O/c10-5-1-2-8-6(3-5)7(4-12-8)9(11)13-14/h1-4,12,14H. The Morgan fingerprint density at radius 1 is 1.50 bits per heavy atom. The molecule has 0 fully saturated rings. The molecule has 0 aliphatic heterocycles. The highest BCUT2D eigenvalue weighted by Gasteiger charge is 2.08. The van der Waals surface area contributed by atoms with Crippen molar-refractivity contribution in [3.05, 3.63) is 34.4 Å². The Morgan fingerprint density at radius 2 is 2.29 bits per heavy atom. The van der Waals surface area contributed by atoms with Gasteiger partial charge in [-0.25, -0.2) is 0 Å². The van der Waals surface area contributed by atoms with Gasteiger partial charge in [0.25, 0.3) is 0 Å². The summed E-state index contributed by atoms with van der Waals surface area (Å²) in [5, 5.41) is 12.5. The first kappa shape index (κ1) is 9.55. The quantitative estimate of drug-likeness (QED) is 0.467. The van der Waals surface area contributed by atoms with Gasteiger partial charge in [-0.3, -0.25) is 0 Å². The van der Waals surface area contributed by atoms with Gasteiger partial charge in [-0.15, -0.1) is 0 Å². The lowest BCUT2D eigenvalue weighted by atomic mass is 10.2. The molecule has 0 aliphatic rings. The predicted molar refractivity (Wildman–Crippen MR) is 60.2 cm³/mol. The third-order valence-corrected chi connectivity index (χ3v) is 2.73. The zero-order chi connectivity index (χ0) is 10.1. The fraction of sp³-hybridized carbons (Fsp3) is 0. The number of oxime groups is 1. The number of H-pyrrole nitrogens is 1. The van der Waals surface area contributed by atoms with E-state index in [2.05, 4.69) is 26.1 Å². The summed E-state index contributed by atoms with van der Waals surface area (Å²) in [5.74, 6) is 0. The Hall–Kier alpha value is -1.000. The average molecular weight is 274 g/mol. The number of benzene rings is 1. The molecule has 0 unspecified atom stereocenters. The summed E-state index contributed by atoms with van der Waals surface area (Å²) in [4.78, 5) is 3.03. The average Bonchev–Trinajstić information content (AvgIpc) is 2.59. The van der Waals surface area contributed by atoms with E-state index in [1.54, 1.807) is 6.20 Å². The van der Waals surface area contributed by atoms with Crippen molar-refractivity contribution in [1.82, 2.24) is 4.98 Å². The lowest BCUT2D eigenvalue weighted by Gasteiger charge is -1.94. The lowest BCUT2D eigenvalue weighted by Crippen LogP contribution is -1.87. The Bertz CT molecular complexity index is 506. The van der Waals surface area contributed by atoms with E-state index in [4.69, 9.17) is 16.8 Å². The topological polar surface area (TPSA) is 48.4 Å². The van der Waals surface area contributed by atoms with E-state index >= 15 is 0 Å². The van der Waals surface area contributed by atoms with Gasteiger partial charge in [-0.2, -0.15) is 0 Å². The Morgan fingerprint density at radius 3 is 3.00 bits per heavy atom. The minimum absolute atomic E-state index is 0.0781. The summed E-state index contributed by atoms with van der Waals surface area (Å²) in [6.07, 6.45) is 1.71. The van der Waals surface area contributed by atoms with Crippen LogP contribution in [0.1, 0.15) is 5.56 Å². The smallest absolute Gasteiger partial charge is 0.177 e. The van der Waals surface area contributed by atoms with E-state index < -0.39 is 0 Å². The monoisotopic (exact) mass is 272 g/mol. The summed E-state index contributed by atoms with van der Waals surface area (Å²) in [7, 11) is 0. The number of nitrogens with one attached hydrogen (secondary N) is 1. The van der Waals surface area contributed by atoms with Gasteiger partial charge in [0.05, 0.1) is 0 Å². The molecule has 0 amide bonds. The molecule has 0 saturated carbocycles. The second-order valence-electron chi connectivity index (χ2n) is 2.78. The molecule has 1 heterocycles. The Kier molecular flexibility index (Phi) is 2.48. The Balaban J connectivity index is 2.73. The highest BCUT2D eigenvalue weighted by atomic mass is 79.9. The third kappa shape index (κ3) is 1.51. The van der Waals surface area contributed by atoms with Crippen LogP contribution in [0.25, 0.3) is 10.9 Å². The number of hydrogen-bond acceptors (Lipinski definition) is 2. The van der Waals surface area contributed by atoms with Gasteiger partial charge in [0.1, 0.15) is 0 Å². The first-order chi connectivity index (χ1) is 6.72. The number of aromatic amines is 1. The van der Waals surface area contributed by atoms with Crippen molar-refractivity contribution in [2.75, 3.05) is 0 Å². The molecule has 0 atom stereocenters. The molecule has 2 aromatic rings. The minimum Gasteiger partial charge on any atom is -0.410 e. The molecule has 72 valence electrons. The zero-order valence-corrected chi connectivity index (χ0v) is 9.30. The summed E-state index contributed by atoms with van der Waals surface area (Å²) < 4.78 is 0.952. The molecular formula is C9H6BrClN2O. The zero-order valence-electron chi connectivity index (χ0n) is 6.96. The van der Waals surface area contributed by atoms with Crippen molar-refractivity contribution >= 4 is 43.6 Å². The second kappa shape index (κ2) is 3.63. The van der Waals surface area contributed by atoms with Crippen molar-refractivity contribution in [2.24, 2.45) is 5.16 Å². The molecular weight excluding hydrogens is 267 g/mol. The largest absolute Gasteiger partial charge is 0.410 e. The maximum atomic E-state index is 8.57. The Labute approximate surface area is 93.5 Å². The number of hydrogen-bond donors (Lipinski definition) is 2. The van der Waals surface area contributed by atoms with Crippen LogP contribution in [0.2, 0.25) is 0 Å². The summed E-state index contributed by atoms with van der Waals surface area (Å²) in [5.41, 5.74) is 1.63. The molecule has 14 heavy (non-hydrogen) atoms. The fourth-order valence-corrected chi connectivity index (χ4v) is 1.83. The maximum absolute atomic E-state index is 8.57. The molecule has 0 radical (unpaired) electrons. The van der Waals surface area contributed by atoms with Crippen molar-refractivity contribution in [3.63, 3.8) is 0 Å². The first-order valence-corrected chi connectivity index (χ1v) is 5.04. The van der Waals surface area contributed by atoms with Crippen LogP contribution in [0.5, 0.6) is 0 Å². The fourth-order valence-electron chi connectivity index (χ4n) is 1.32. The van der Waals surface area contributed by atoms with Crippen LogP contribution >= 0.6 is 27.5 Å². The number of aromatic nitrogens is 1. The van der Waals surface area contributed by atoms with Crippen molar-refractivity contribution in [3.8, 4) is 0 Å². The van der Waals surface area contributed by atoms with E-state index in [1.165, 1.54) is 0 Å². The van der Waals surface area contributed by atoms with Crippen molar-refractivity contribution in [2.45, 2.75) is 0 Å². The highest BCUT2D eigenvalue weighted by Crippen LogP contribution is 2.23. The van der Waals surface area contributed by atoms with Gasteiger partial charge in [0, 0.05) is 27.1 Å². The van der Waals surface area contributed by atoms with Crippen LogP contribution in [-0.2, 0) is 0 Å². The van der Waals surface area contributed by atoms with Gasteiger partial charge >= 0.3 is 0 Å². The second-order valence-corrected chi connectivity index (χ2v) is 4.06. The van der Waals surface area contributed by atoms with E-state index in [-0.39, 0.29) is 5.17 Å². The number of rotatable bonds is 1. The molecule has 1 aromatic heterocycles. The number of fused-ring (bicyclic) bond motifs is 1. The maximum Gasteiger partial charge on any atom is 0.177 e.